The van der Waals surface area contributed by atoms with Gasteiger partial charge in [0.1, 0.15) is 11.2 Å². The molecule has 33 heavy (non-hydrogen) atoms. The van der Waals surface area contributed by atoms with Gasteiger partial charge < -0.3 is 14.4 Å². The van der Waals surface area contributed by atoms with Crippen molar-refractivity contribution in [2.75, 3.05) is 19.7 Å². The van der Waals surface area contributed by atoms with Crippen LogP contribution in [0.1, 0.15) is 45.7 Å². The number of carbonyl (C=O) groups excluding carboxylic acids is 1. The number of amides is 1. The molecule has 2 aliphatic heterocycles. The van der Waals surface area contributed by atoms with Gasteiger partial charge >= 0.3 is 6.09 Å². The fourth-order valence-corrected chi connectivity index (χ4v) is 5.00. The third-order valence-corrected chi connectivity index (χ3v) is 6.60. The van der Waals surface area contributed by atoms with Crippen molar-refractivity contribution in [3.63, 3.8) is 0 Å². The highest BCUT2D eigenvalue weighted by molar-refractivity contribution is 5.68. The Hall–Kier alpha value is -2.93. The first-order chi connectivity index (χ1) is 15.8. The van der Waals surface area contributed by atoms with Crippen molar-refractivity contribution in [1.29, 1.82) is 0 Å². The van der Waals surface area contributed by atoms with E-state index in [-0.39, 0.29) is 11.7 Å². The van der Waals surface area contributed by atoms with E-state index in [9.17, 15) is 4.79 Å². The van der Waals surface area contributed by atoms with Gasteiger partial charge in [-0.25, -0.2) is 9.78 Å². The topological polar surface area (TPSA) is 69.0 Å². The van der Waals surface area contributed by atoms with Gasteiger partial charge in [-0.1, -0.05) is 12.1 Å². The summed E-state index contributed by atoms with van der Waals surface area (Å²) in [4.78, 5) is 23.6. The number of aromatic nitrogens is 3. The SMILES string of the molecule is CC(C)(C)OC(=O)N1CCC2(CC1)CC(Cc1cccc(-c3cnc4ccccn34)n1)CO2. The minimum atomic E-state index is -0.466. The van der Waals surface area contributed by atoms with Gasteiger partial charge in [0.15, 0.2) is 0 Å². The van der Waals surface area contributed by atoms with Gasteiger partial charge in [-0.15, -0.1) is 0 Å². The number of carbonyl (C=O) groups is 1. The van der Waals surface area contributed by atoms with Crippen LogP contribution in [0, 0.1) is 5.92 Å². The number of imidazole rings is 1. The minimum Gasteiger partial charge on any atom is -0.444 e. The van der Waals surface area contributed by atoms with Crippen molar-refractivity contribution in [3.05, 3.63) is 54.5 Å². The van der Waals surface area contributed by atoms with E-state index in [0.29, 0.717) is 19.0 Å². The van der Waals surface area contributed by atoms with E-state index in [4.69, 9.17) is 14.5 Å². The van der Waals surface area contributed by atoms with E-state index in [1.54, 1.807) is 0 Å². The first-order valence-electron chi connectivity index (χ1n) is 11.8. The molecule has 2 aliphatic rings. The van der Waals surface area contributed by atoms with Crippen molar-refractivity contribution < 1.29 is 14.3 Å². The van der Waals surface area contributed by atoms with E-state index in [1.807, 2.05) is 62.3 Å². The Morgan fingerprint density at radius 1 is 1.18 bits per heavy atom. The predicted molar refractivity (Wildman–Crippen MR) is 126 cm³/mol. The van der Waals surface area contributed by atoms with Crippen LogP contribution in [0.3, 0.4) is 0 Å². The Balaban J connectivity index is 1.21. The quantitative estimate of drug-likeness (QED) is 0.579. The molecule has 0 N–H and O–H groups in total. The molecule has 7 heteroatoms. The maximum Gasteiger partial charge on any atom is 0.410 e. The zero-order valence-electron chi connectivity index (χ0n) is 19.7. The second kappa shape index (κ2) is 8.45. The molecule has 2 fully saturated rings. The van der Waals surface area contributed by atoms with Crippen LogP contribution in [-0.4, -0.2) is 56.3 Å². The molecule has 1 atom stereocenters. The van der Waals surface area contributed by atoms with Gasteiger partial charge in [0.05, 0.1) is 29.8 Å². The van der Waals surface area contributed by atoms with Gasteiger partial charge in [0.25, 0.3) is 0 Å². The van der Waals surface area contributed by atoms with Gasteiger partial charge in [0, 0.05) is 25.0 Å². The molecule has 2 saturated heterocycles. The summed E-state index contributed by atoms with van der Waals surface area (Å²) in [5, 5.41) is 0. The molecule has 0 bridgehead atoms. The Morgan fingerprint density at radius 2 is 2.00 bits per heavy atom. The van der Waals surface area contributed by atoms with Gasteiger partial charge in [0.2, 0.25) is 0 Å². The number of likely N-dealkylation sites (tertiary alicyclic amines) is 1. The molecule has 5 heterocycles. The number of rotatable bonds is 3. The Labute approximate surface area is 194 Å². The number of ether oxygens (including phenoxy) is 2. The number of hydrogen-bond donors (Lipinski definition) is 0. The molecule has 0 aliphatic carbocycles. The second-order valence-electron chi connectivity index (χ2n) is 10.3. The molecule has 7 nitrogen and oxygen atoms in total. The normalized spacial score (nSPS) is 20.5. The molecule has 0 aromatic carbocycles. The molecule has 0 saturated carbocycles. The fraction of sp³-hybridized carbons (Fsp3) is 0.500. The zero-order valence-corrected chi connectivity index (χ0v) is 19.7. The monoisotopic (exact) mass is 448 g/mol. The van der Waals surface area contributed by atoms with Crippen LogP contribution in [0.4, 0.5) is 4.79 Å². The highest BCUT2D eigenvalue weighted by Gasteiger charge is 2.43. The third kappa shape index (κ3) is 4.74. The van der Waals surface area contributed by atoms with E-state index >= 15 is 0 Å². The summed E-state index contributed by atoms with van der Waals surface area (Å²) in [5.74, 6) is 0.433. The molecule has 1 unspecified atom stereocenters. The number of piperidine rings is 1. The molecule has 0 radical (unpaired) electrons. The number of pyridine rings is 2. The third-order valence-electron chi connectivity index (χ3n) is 6.60. The summed E-state index contributed by atoms with van der Waals surface area (Å²) < 4.78 is 13.9. The minimum absolute atomic E-state index is 0.123. The van der Waals surface area contributed by atoms with Crippen LogP contribution < -0.4 is 0 Å². The van der Waals surface area contributed by atoms with Gasteiger partial charge in [-0.2, -0.15) is 0 Å². The molecular weight excluding hydrogens is 416 g/mol. The van der Waals surface area contributed by atoms with Crippen LogP contribution in [0.15, 0.2) is 48.8 Å². The predicted octanol–water partition coefficient (Wildman–Crippen LogP) is 4.75. The van der Waals surface area contributed by atoms with Gasteiger partial charge in [-0.05, 0) is 76.6 Å². The lowest BCUT2D eigenvalue weighted by atomic mass is 9.84. The summed E-state index contributed by atoms with van der Waals surface area (Å²) in [6, 6.07) is 12.2. The maximum absolute atomic E-state index is 12.4. The molecule has 174 valence electrons. The Kier molecular flexibility index (Phi) is 5.60. The van der Waals surface area contributed by atoms with E-state index in [0.717, 1.165) is 55.0 Å². The van der Waals surface area contributed by atoms with Crippen LogP contribution in [0.25, 0.3) is 17.0 Å². The zero-order chi connectivity index (χ0) is 23.1. The highest BCUT2D eigenvalue weighted by Crippen LogP contribution is 2.40. The molecule has 1 amide bonds. The van der Waals surface area contributed by atoms with E-state index in [2.05, 4.69) is 21.5 Å². The van der Waals surface area contributed by atoms with Crippen LogP contribution >= 0.6 is 0 Å². The van der Waals surface area contributed by atoms with Crippen LogP contribution in [0.5, 0.6) is 0 Å². The Bertz CT molecular complexity index is 1140. The lowest BCUT2D eigenvalue weighted by Crippen LogP contribution is -2.47. The summed E-state index contributed by atoms with van der Waals surface area (Å²) >= 11 is 0. The summed E-state index contributed by atoms with van der Waals surface area (Å²) in [6.45, 7) is 7.82. The number of hydrogen-bond acceptors (Lipinski definition) is 5. The maximum atomic E-state index is 12.4. The average Bonchev–Trinajstić information content (AvgIpc) is 3.38. The van der Waals surface area contributed by atoms with Crippen LogP contribution in [0.2, 0.25) is 0 Å². The molecule has 5 rings (SSSR count). The highest BCUT2D eigenvalue weighted by atomic mass is 16.6. The Morgan fingerprint density at radius 3 is 2.79 bits per heavy atom. The van der Waals surface area contributed by atoms with E-state index in [1.165, 1.54) is 0 Å². The van der Waals surface area contributed by atoms with E-state index < -0.39 is 5.60 Å². The molecule has 1 spiro atoms. The molecule has 3 aromatic rings. The molecular formula is C26H32N4O3. The van der Waals surface area contributed by atoms with Crippen molar-refractivity contribution >= 4 is 11.7 Å². The first-order valence-corrected chi connectivity index (χ1v) is 11.8. The standard InChI is InChI=1S/C26H32N4O3/c1-25(2,3)33-24(31)29-13-10-26(11-14-29)16-19(18-32-26)15-20-7-6-8-21(28-20)22-17-27-23-9-4-5-12-30(22)23/h4-9,12,17,19H,10-11,13-16,18H2,1-3H3. The first kappa shape index (κ1) is 21.9. The fourth-order valence-electron chi connectivity index (χ4n) is 5.00. The lowest BCUT2D eigenvalue weighted by Gasteiger charge is -2.39. The average molecular weight is 449 g/mol. The van der Waals surface area contributed by atoms with Crippen molar-refractivity contribution in [2.45, 2.75) is 57.7 Å². The lowest BCUT2D eigenvalue weighted by molar-refractivity contribution is -0.0487. The van der Waals surface area contributed by atoms with Crippen LogP contribution in [-0.2, 0) is 15.9 Å². The smallest absolute Gasteiger partial charge is 0.410 e. The number of nitrogens with zero attached hydrogens (tertiary/aromatic N) is 4. The number of fused-ring (bicyclic) bond motifs is 1. The largest absolute Gasteiger partial charge is 0.444 e. The van der Waals surface area contributed by atoms with Crippen molar-refractivity contribution in [1.82, 2.24) is 19.3 Å². The second-order valence-corrected chi connectivity index (χ2v) is 10.3. The summed E-state index contributed by atoms with van der Waals surface area (Å²) in [5.41, 5.74) is 3.35. The molecule has 3 aromatic heterocycles. The summed E-state index contributed by atoms with van der Waals surface area (Å²) in [7, 11) is 0. The van der Waals surface area contributed by atoms with Crippen molar-refractivity contribution in [2.24, 2.45) is 5.92 Å². The summed E-state index contributed by atoms with van der Waals surface area (Å²) in [6.07, 6.45) is 7.30. The van der Waals surface area contributed by atoms with Crippen molar-refractivity contribution in [3.8, 4) is 11.4 Å². The van der Waals surface area contributed by atoms with Gasteiger partial charge in [-0.3, -0.25) is 9.38 Å².